The van der Waals surface area contributed by atoms with Gasteiger partial charge in [0.05, 0.1) is 0 Å². The smallest absolute Gasteiger partial charge is 0.00525 e. The molecule has 0 heterocycles. The molecule has 0 saturated heterocycles. The zero-order valence-electron chi connectivity index (χ0n) is 11.9. The molecule has 2 aliphatic rings. The third-order valence-corrected chi connectivity index (χ3v) is 5.22. The monoisotopic (exact) mass is 240 g/mol. The third kappa shape index (κ3) is 1.74. The Kier molecular flexibility index (Phi) is 2.84. The molecule has 0 heteroatoms. The van der Waals surface area contributed by atoms with Gasteiger partial charge in [-0.25, -0.2) is 0 Å². The summed E-state index contributed by atoms with van der Waals surface area (Å²) < 4.78 is 0. The van der Waals surface area contributed by atoms with E-state index in [-0.39, 0.29) is 0 Å². The van der Waals surface area contributed by atoms with Crippen LogP contribution in [0.4, 0.5) is 0 Å². The van der Waals surface area contributed by atoms with E-state index in [1.807, 2.05) is 0 Å². The lowest BCUT2D eigenvalue weighted by atomic mass is 9.75. The molecule has 0 aromatic heterocycles. The van der Waals surface area contributed by atoms with E-state index in [9.17, 15) is 0 Å². The van der Waals surface area contributed by atoms with E-state index in [0.29, 0.717) is 11.3 Å². The number of fused-ring (bicyclic) bond motifs is 1. The maximum atomic E-state index is 2.45. The van der Waals surface area contributed by atoms with Crippen molar-refractivity contribution in [2.75, 3.05) is 0 Å². The highest BCUT2D eigenvalue weighted by Gasteiger charge is 2.49. The average Bonchev–Trinajstić information content (AvgIpc) is 3.18. The van der Waals surface area contributed by atoms with Crippen LogP contribution in [-0.2, 0) is 0 Å². The second-order valence-electron chi connectivity index (χ2n) is 6.38. The molecule has 2 aliphatic carbocycles. The van der Waals surface area contributed by atoms with E-state index in [0.717, 1.165) is 5.92 Å². The topological polar surface area (TPSA) is 0 Å². The summed E-state index contributed by atoms with van der Waals surface area (Å²) in [5.74, 6) is 1.54. The Labute approximate surface area is 110 Å². The summed E-state index contributed by atoms with van der Waals surface area (Å²) in [7, 11) is 0. The quantitative estimate of drug-likeness (QED) is 0.759. The minimum atomic E-state index is 0.549. The fraction of sp³-hybridized carbons (Fsp3) is 0.556. The van der Waals surface area contributed by atoms with Gasteiger partial charge in [-0.15, -0.1) is 0 Å². The Morgan fingerprint density at radius 1 is 1.28 bits per heavy atom. The maximum absolute atomic E-state index is 2.45. The van der Waals surface area contributed by atoms with Crippen LogP contribution in [0.5, 0.6) is 0 Å². The molecule has 0 nitrogen and oxygen atoms in total. The van der Waals surface area contributed by atoms with E-state index in [4.69, 9.17) is 0 Å². The van der Waals surface area contributed by atoms with Gasteiger partial charge in [0.2, 0.25) is 0 Å². The van der Waals surface area contributed by atoms with Crippen molar-refractivity contribution in [3.05, 3.63) is 34.7 Å². The summed E-state index contributed by atoms with van der Waals surface area (Å²) in [4.78, 5) is 0. The van der Waals surface area contributed by atoms with Crippen LogP contribution in [0.2, 0.25) is 0 Å². The second kappa shape index (κ2) is 4.26. The van der Waals surface area contributed by atoms with Gasteiger partial charge in [0.15, 0.2) is 0 Å². The van der Waals surface area contributed by atoms with E-state index < -0.39 is 0 Å². The van der Waals surface area contributed by atoms with Crippen molar-refractivity contribution < 1.29 is 0 Å². The van der Waals surface area contributed by atoms with E-state index >= 15 is 0 Å². The van der Waals surface area contributed by atoms with Gasteiger partial charge < -0.3 is 0 Å². The van der Waals surface area contributed by atoms with Gasteiger partial charge in [-0.3, -0.25) is 0 Å². The molecule has 1 aromatic rings. The summed E-state index contributed by atoms with van der Waals surface area (Å²) in [5, 5.41) is 3.02. The predicted octanol–water partition coefficient (Wildman–Crippen LogP) is 3.48. The molecule has 0 aliphatic heterocycles. The summed E-state index contributed by atoms with van der Waals surface area (Å²) in [5.41, 5.74) is 2.32. The van der Waals surface area contributed by atoms with Gasteiger partial charge in [-0.05, 0) is 47.0 Å². The molecule has 0 bridgehead atoms. The first-order valence-corrected chi connectivity index (χ1v) is 7.48. The Hall–Kier alpha value is -1.04. The van der Waals surface area contributed by atoms with Gasteiger partial charge >= 0.3 is 0 Å². The average molecular weight is 240 g/mol. The molecule has 96 valence electrons. The van der Waals surface area contributed by atoms with Gasteiger partial charge in [-0.2, -0.15) is 0 Å². The molecule has 2 unspecified atom stereocenters. The highest BCUT2D eigenvalue weighted by Crippen LogP contribution is 2.60. The normalized spacial score (nSPS) is 26.2. The van der Waals surface area contributed by atoms with E-state index in [1.165, 1.54) is 30.9 Å². The van der Waals surface area contributed by atoms with Gasteiger partial charge in [0, 0.05) is 0 Å². The predicted molar refractivity (Wildman–Crippen MR) is 78.5 cm³/mol. The van der Waals surface area contributed by atoms with Crippen molar-refractivity contribution in [1.82, 2.24) is 0 Å². The molecule has 18 heavy (non-hydrogen) atoms. The first kappa shape index (κ1) is 12.0. The Morgan fingerprint density at radius 3 is 2.67 bits per heavy atom. The van der Waals surface area contributed by atoms with Crippen molar-refractivity contribution in [1.29, 1.82) is 0 Å². The Morgan fingerprint density at radius 2 is 2.00 bits per heavy atom. The summed E-state index contributed by atoms with van der Waals surface area (Å²) in [6.07, 6.45) is 7.87. The minimum Gasteiger partial charge on any atom is -0.0735 e. The lowest BCUT2D eigenvalue weighted by molar-refractivity contribution is 0.396. The van der Waals surface area contributed by atoms with Crippen LogP contribution in [-0.4, -0.2) is 0 Å². The van der Waals surface area contributed by atoms with Crippen molar-refractivity contribution >= 4 is 11.6 Å². The lowest BCUT2D eigenvalue weighted by Crippen LogP contribution is -2.35. The molecule has 2 atom stereocenters. The maximum Gasteiger partial charge on any atom is -0.00525 e. The fourth-order valence-electron chi connectivity index (χ4n) is 3.80. The first-order valence-electron chi connectivity index (χ1n) is 7.48. The van der Waals surface area contributed by atoms with Crippen molar-refractivity contribution in [2.45, 2.75) is 46.5 Å². The van der Waals surface area contributed by atoms with Crippen LogP contribution < -0.4 is 10.4 Å². The van der Waals surface area contributed by atoms with E-state index in [1.54, 1.807) is 10.8 Å². The Balaban J connectivity index is 2.20. The molecule has 0 spiro atoms. The first-order chi connectivity index (χ1) is 8.67. The highest BCUT2D eigenvalue weighted by atomic mass is 14.5. The van der Waals surface area contributed by atoms with Gasteiger partial charge in [0.1, 0.15) is 0 Å². The molecular weight excluding hydrogens is 216 g/mol. The molecule has 0 amide bonds. The lowest BCUT2D eigenvalue weighted by Gasteiger charge is -2.29. The molecule has 3 rings (SSSR count). The SMILES string of the molecule is CCC(C)C1(C2=c3ccccc3=CC(C)C2)CC1. The fourth-order valence-corrected chi connectivity index (χ4v) is 3.80. The number of benzene rings is 1. The molecule has 0 N–H and O–H groups in total. The molecular formula is C18H24. The zero-order chi connectivity index (χ0) is 12.8. The Bertz CT molecular complexity index is 560. The summed E-state index contributed by atoms with van der Waals surface area (Å²) >= 11 is 0. The standard InChI is InChI=1S/C18H24/c1-4-14(3)18(9-10-18)17-12-13(2)11-15-7-5-6-8-16(15)17/h5-8,11,13-14H,4,9-10,12H2,1-3H3. The minimum absolute atomic E-state index is 0.549. The number of hydrogen-bond acceptors (Lipinski definition) is 0. The molecule has 1 aromatic carbocycles. The second-order valence-corrected chi connectivity index (χ2v) is 6.38. The van der Waals surface area contributed by atoms with E-state index in [2.05, 4.69) is 51.1 Å². The van der Waals surface area contributed by atoms with Crippen LogP contribution in [0.15, 0.2) is 24.3 Å². The van der Waals surface area contributed by atoms with Crippen LogP contribution in [0.3, 0.4) is 0 Å². The summed E-state index contributed by atoms with van der Waals surface area (Å²) in [6.45, 7) is 7.16. The van der Waals surface area contributed by atoms with Crippen LogP contribution in [0.1, 0.15) is 46.5 Å². The van der Waals surface area contributed by atoms with Gasteiger partial charge in [-0.1, -0.05) is 63.1 Å². The number of hydrogen-bond donors (Lipinski definition) is 0. The highest BCUT2D eigenvalue weighted by molar-refractivity contribution is 5.61. The summed E-state index contributed by atoms with van der Waals surface area (Å²) in [6, 6.07) is 9.01. The van der Waals surface area contributed by atoms with Crippen LogP contribution >= 0.6 is 0 Å². The number of rotatable bonds is 3. The molecule has 1 saturated carbocycles. The largest absolute Gasteiger partial charge is 0.0735 e. The van der Waals surface area contributed by atoms with Crippen molar-refractivity contribution in [3.63, 3.8) is 0 Å². The van der Waals surface area contributed by atoms with Crippen molar-refractivity contribution in [3.8, 4) is 0 Å². The van der Waals surface area contributed by atoms with Crippen molar-refractivity contribution in [2.24, 2.45) is 17.3 Å². The van der Waals surface area contributed by atoms with Crippen LogP contribution in [0, 0.1) is 17.3 Å². The third-order valence-electron chi connectivity index (χ3n) is 5.22. The van der Waals surface area contributed by atoms with Gasteiger partial charge in [0.25, 0.3) is 0 Å². The molecule has 0 radical (unpaired) electrons. The van der Waals surface area contributed by atoms with Crippen LogP contribution in [0.25, 0.3) is 11.6 Å². The zero-order valence-corrected chi connectivity index (χ0v) is 11.9. The molecule has 1 fully saturated rings.